The lowest BCUT2D eigenvalue weighted by Gasteiger charge is -2.07. The highest BCUT2D eigenvalue weighted by atomic mass is 35.5. The van der Waals surface area contributed by atoms with Gasteiger partial charge in [-0.3, -0.25) is 4.68 Å². The van der Waals surface area contributed by atoms with Crippen molar-refractivity contribution in [2.45, 2.75) is 20.4 Å². The molecular weight excluding hydrogens is 408 g/mol. The first kappa shape index (κ1) is 20.6. The molecule has 6 nitrogen and oxygen atoms in total. The average molecular weight is 429 g/mol. The van der Waals surface area contributed by atoms with Crippen LogP contribution in [-0.2, 0) is 13.6 Å². The second-order valence-electron chi connectivity index (χ2n) is 7.28. The highest BCUT2D eigenvalue weighted by Crippen LogP contribution is 2.25. The van der Waals surface area contributed by atoms with Gasteiger partial charge in [-0.25, -0.2) is 0 Å². The van der Waals surface area contributed by atoms with E-state index in [4.69, 9.17) is 11.6 Å². The summed E-state index contributed by atoms with van der Waals surface area (Å²) in [5.41, 5.74) is 5.06. The maximum Gasteiger partial charge on any atom is 0.174 e. The predicted molar refractivity (Wildman–Crippen MR) is 122 cm³/mol. The molecule has 7 heteroatoms. The molecule has 4 aromatic rings. The van der Waals surface area contributed by atoms with E-state index in [9.17, 15) is 5.26 Å². The van der Waals surface area contributed by atoms with E-state index in [2.05, 4.69) is 21.4 Å². The first-order valence-electron chi connectivity index (χ1n) is 9.84. The molecule has 0 N–H and O–H groups in total. The fourth-order valence-corrected chi connectivity index (χ4v) is 3.75. The van der Waals surface area contributed by atoms with E-state index in [-0.39, 0.29) is 0 Å². The second kappa shape index (κ2) is 8.58. The molecule has 2 aromatic heterocycles. The summed E-state index contributed by atoms with van der Waals surface area (Å²) in [4.78, 5) is 0. The molecule has 0 saturated heterocycles. The van der Waals surface area contributed by atoms with Crippen LogP contribution in [0.3, 0.4) is 0 Å². The van der Waals surface area contributed by atoms with Gasteiger partial charge in [0.15, 0.2) is 11.6 Å². The third-order valence-corrected chi connectivity index (χ3v) is 5.64. The standard InChI is InChI=1S/C24H21ClN6/c1-16-21(17(2)31(29-16)15-19-11-7-8-12-22(19)25)13-20(14-26)24-28-27-23(30(24)3)18-9-5-4-6-10-18/h4-13H,15H2,1-3H3/b20-13+. The van der Waals surface area contributed by atoms with Gasteiger partial charge in [0.05, 0.1) is 17.8 Å². The van der Waals surface area contributed by atoms with E-state index in [0.29, 0.717) is 28.8 Å². The Hall–Kier alpha value is -3.69. The highest BCUT2D eigenvalue weighted by Gasteiger charge is 2.17. The Kier molecular flexibility index (Phi) is 5.70. The van der Waals surface area contributed by atoms with Gasteiger partial charge in [0, 0.05) is 28.9 Å². The molecule has 0 aliphatic heterocycles. The fourth-order valence-electron chi connectivity index (χ4n) is 3.56. The van der Waals surface area contributed by atoms with Gasteiger partial charge in [-0.2, -0.15) is 10.4 Å². The van der Waals surface area contributed by atoms with Gasteiger partial charge in [0.1, 0.15) is 6.07 Å². The van der Waals surface area contributed by atoms with Gasteiger partial charge in [0.25, 0.3) is 0 Å². The summed E-state index contributed by atoms with van der Waals surface area (Å²) in [6, 6.07) is 19.8. The van der Waals surface area contributed by atoms with Crippen LogP contribution < -0.4 is 0 Å². The molecule has 0 aliphatic rings. The van der Waals surface area contributed by atoms with E-state index in [0.717, 1.165) is 28.1 Å². The zero-order valence-corrected chi connectivity index (χ0v) is 18.3. The molecule has 0 fully saturated rings. The number of hydrogen-bond donors (Lipinski definition) is 0. The van der Waals surface area contributed by atoms with Gasteiger partial charge >= 0.3 is 0 Å². The van der Waals surface area contributed by atoms with Gasteiger partial charge < -0.3 is 4.57 Å². The Morgan fingerprint density at radius 3 is 2.48 bits per heavy atom. The van der Waals surface area contributed by atoms with E-state index >= 15 is 0 Å². The Morgan fingerprint density at radius 2 is 1.77 bits per heavy atom. The minimum atomic E-state index is 0.431. The molecule has 0 saturated carbocycles. The molecule has 154 valence electrons. The van der Waals surface area contributed by atoms with E-state index in [1.54, 1.807) is 0 Å². The normalized spacial score (nSPS) is 11.5. The van der Waals surface area contributed by atoms with E-state index in [1.165, 1.54) is 0 Å². The SMILES string of the molecule is Cc1nn(Cc2ccccc2Cl)c(C)c1/C=C(\C#N)c1nnc(-c2ccccc2)n1C. The number of nitrogens with zero attached hydrogens (tertiary/aromatic N) is 6. The fraction of sp³-hybridized carbons (Fsp3) is 0.167. The lowest BCUT2D eigenvalue weighted by Crippen LogP contribution is -2.04. The van der Waals surface area contributed by atoms with Crippen molar-refractivity contribution >= 4 is 23.3 Å². The summed E-state index contributed by atoms with van der Waals surface area (Å²) >= 11 is 6.32. The minimum Gasteiger partial charge on any atom is -0.310 e. The molecule has 0 aliphatic carbocycles. The number of hydrogen-bond acceptors (Lipinski definition) is 4. The van der Waals surface area contributed by atoms with Crippen molar-refractivity contribution in [2.75, 3.05) is 0 Å². The maximum atomic E-state index is 9.86. The van der Waals surface area contributed by atoms with Crippen molar-refractivity contribution < 1.29 is 0 Å². The van der Waals surface area contributed by atoms with Crippen LogP contribution in [0.15, 0.2) is 54.6 Å². The summed E-state index contributed by atoms with van der Waals surface area (Å²) in [5.74, 6) is 1.22. The summed E-state index contributed by atoms with van der Waals surface area (Å²) < 4.78 is 3.74. The first-order chi connectivity index (χ1) is 15.0. The smallest absolute Gasteiger partial charge is 0.174 e. The van der Waals surface area contributed by atoms with Crippen molar-refractivity contribution in [1.82, 2.24) is 24.5 Å². The lowest BCUT2D eigenvalue weighted by molar-refractivity contribution is 0.659. The second-order valence-corrected chi connectivity index (χ2v) is 7.68. The summed E-state index contributed by atoms with van der Waals surface area (Å²) in [6.45, 7) is 4.48. The van der Waals surface area contributed by atoms with Crippen molar-refractivity contribution in [1.29, 1.82) is 5.26 Å². The molecule has 0 bridgehead atoms. The summed E-state index contributed by atoms with van der Waals surface area (Å²) in [7, 11) is 1.86. The van der Waals surface area contributed by atoms with Crippen LogP contribution in [0.25, 0.3) is 23.0 Å². The Bertz CT molecular complexity index is 1310. The predicted octanol–water partition coefficient (Wildman–Crippen LogP) is 5.06. The topological polar surface area (TPSA) is 72.3 Å². The summed E-state index contributed by atoms with van der Waals surface area (Å²) in [5, 5.41) is 23.8. The molecule has 2 aromatic carbocycles. The molecule has 4 rings (SSSR count). The highest BCUT2D eigenvalue weighted by molar-refractivity contribution is 6.31. The Labute approximate surface area is 186 Å². The van der Waals surface area contributed by atoms with Crippen LogP contribution in [0.2, 0.25) is 5.02 Å². The molecule has 0 unspecified atom stereocenters. The van der Waals surface area contributed by atoms with Gasteiger partial charge in [-0.1, -0.05) is 60.1 Å². The van der Waals surface area contributed by atoms with E-state index < -0.39 is 0 Å². The Morgan fingerprint density at radius 1 is 1.06 bits per heavy atom. The molecular formula is C24H21ClN6. The average Bonchev–Trinajstić information content (AvgIpc) is 3.28. The molecule has 0 radical (unpaired) electrons. The molecule has 2 heterocycles. The molecule has 31 heavy (non-hydrogen) atoms. The lowest BCUT2D eigenvalue weighted by atomic mass is 10.1. The zero-order valence-electron chi connectivity index (χ0n) is 17.5. The zero-order chi connectivity index (χ0) is 22.0. The van der Waals surface area contributed by atoms with Gasteiger partial charge in [-0.15, -0.1) is 10.2 Å². The van der Waals surface area contributed by atoms with Crippen LogP contribution in [-0.4, -0.2) is 24.5 Å². The van der Waals surface area contributed by atoms with Crippen molar-refractivity contribution in [3.63, 3.8) is 0 Å². The Balaban J connectivity index is 1.71. The number of aryl methyl sites for hydroxylation is 1. The number of nitriles is 1. The first-order valence-corrected chi connectivity index (χ1v) is 10.2. The quantitative estimate of drug-likeness (QED) is 0.416. The van der Waals surface area contributed by atoms with E-state index in [1.807, 2.05) is 90.8 Å². The van der Waals surface area contributed by atoms with Crippen LogP contribution >= 0.6 is 11.6 Å². The number of halogens is 1. The summed E-state index contributed by atoms with van der Waals surface area (Å²) in [6.07, 6.45) is 1.83. The number of allylic oxidation sites excluding steroid dienone is 1. The number of aromatic nitrogens is 5. The van der Waals surface area contributed by atoms with Crippen molar-refractivity contribution in [3.05, 3.63) is 88.0 Å². The number of benzene rings is 2. The van der Waals surface area contributed by atoms with Crippen LogP contribution in [0, 0.1) is 25.2 Å². The number of rotatable bonds is 5. The maximum absolute atomic E-state index is 9.86. The van der Waals surface area contributed by atoms with Crippen LogP contribution in [0.4, 0.5) is 0 Å². The molecule has 0 spiro atoms. The third kappa shape index (κ3) is 4.00. The van der Waals surface area contributed by atoms with Gasteiger partial charge in [0.2, 0.25) is 0 Å². The minimum absolute atomic E-state index is 0.431. The van der Waals surface area contributed by atoms with Crippen molar-refractivity contribution in [3.8, 4) is 17.5 Å². The monoisotopic (exact) mass is 428 g/mol. The van der Waals surface area contributed by atoms with Crippen LogP contribution in [0.1, 0.15) is 28.3 Å². The molecule has 0 atom stereocenters. The largest absolute Gasteiger partial charge is 0.310 e. The van der Waals surface area contributed by atoms with Gasteiger partial charge in [-0.05, 0) is 31.6 Å². The third-order valence-electron chi connectivity index (χ3n) is 5.27. The van der Waals surface area contributed by atoms with Crippen LogP contribution in [0.5, 0.6) is 0 Å². The molecule has 0 amide bonds. The van der Waals surface area contributed by atoms with Crippen molar-refractivity contribution in [2.24, 2.45) is 7.05 Å².